The Kier molecular flexibility index (Phi) is 5.08. The number of nitrogens with two attached hydrogens (primary N) is 1. The molecule has 0 bridgehead atoms. The zero-order valence-corrected chi connectivity index (χ0v) is 12.6. The minimum absolute atomic E-state index is 0.362. The predicted molar refractivity (Wildman–Crippen MR) is 84.4 cm³/mol. The van der Waals surface area contributed by atoms with Gasteiger partial charge in [-0.2, -0.15) is 0 Å². The molecule has 21 heavy (non-hydrogen) atoms. The van der Waals surface area contributed by atoms with Gasteiger partial charge in [0.25, 0.3) is 0 Å². The van der Waals surface area contributed by atoms with Gasteiger partial charge in [-0.05, 0) is 26.0 Å². The van der Waals surface area contributed by atoms with Gasteiger partial charge in [-0.1, -0.05) is 17.7 Å². The van der Waals surface area contributed by atoms with Crippen LogP contribution in [0.15, 0.2) is 30.3 Å². The molecule has 1 aromatic heterocycles. The quantitative estimate of drug-likeness (QED) is 0.627. The van der Waals surface area contributed by atoms with Gasteiger partial charge in [0.05, 0.1) is 0 Å². The molecular weight excluding hydrogens is 266 g/mol. The van der Waals surface area contributed by atoms with Crippen molar-refractivity contribution >= 4 is 17.3 Å². The van der Waals surface area contributed by atoms with E-state index in [1.54, 1.807) is 6.07 Å². The first-order chi connectivity index (χ1) is 10.1. The van der Waals surface area contributed by atoms with Crippen LogP contribution in [0.4, 0.5) is 17.3 Å². The lowest BCUT2D eigenvalue weighted by molar-refractivity contribution is 0.128. The van der Waals surface area contributed by atoms with Crippen LogP contribution in [0.1, 0.15) is 18.3 Å². The van der Waals surface area contributed by atoms with Crippen LogP contribution in [0.25, 0.3) is 0 Å². The molecule has 1 heterocycles. The van der Waals surface area contributed by atoms with E-state index in [1.165, 1.54) is 5.56 Å². The van der Waals surface area contributed by atoms with Gasteiger partial charge >= 0.3 is 0 Å². The molecule has 0 atom stereocenters. The summed E-state index contributed by atoms with van der Waals surface area (Å²) in [5, 5.41) is 0. The topological polar surface area (TPSA) is 76.3 Å². The zero-order valence-electron chi connectivity index (χ0n) is 12.6. The van der Waals surface area contributed by atoms with Crippen LogP contribution in [0.2, 0.25) is 0 Å². The van der Waals surface area contributed by atoms with E-state index in [2.05, 4.69) is 46.6 Å². The van der Waals surface area contributed by atoms with Gasteiger partial charge in [0.2, 0.25) is 0 Å². The highest BCUT2D eigenvalue weighted by Gasteiger charge is 2.10. The van der Waals surface area contributed by atoms with Crippen molar-refractivity contribution in [2.24, 2.45) is 5.84 Å². The molecule has 2 rings (SSSR count). The molecule has 0 unspecified atom stereocenters. The van der Waals surface area contributed by atoms with Crippen LogP contribution in [-0.4, -0.2) is 23.6 Å². The Bertz CT molecular complexity index is 585. The Morgan fingerprint density at radius 1 is 1.24 bits per heavy atom. The van der Waals surface area contributed by atoms with Crippen LogP contribution < -0.4 is 16.2 Å². The van der Waals surface area contributed by atoms with Gasteiger partial charge in [-0.3, -0.25) is 0 Å². The Labute approximate surface area is 124 Å². The second-order valence-corrected chi connectivity index (χ2v) is 4.70. The van der Waals surface area contributed by atoms with Crippen molar-refractivity contribution in [3.05, 3.63) is 41.7 Å². The minimum atomic E-state index is 0.362. The summed E-state index contributed by atoms with van der Waals surface area (Å²) in [5.74, 6) is 7.40. The standard InChI is InChI=1S/C15H21N5O/c1-4-21-10-14-17-13(19-16)9-15(18-14)20(3)12-7-5-11(2)6-8-12/h5-9H,4,10,16H2,1-3H3,(H,17,18,19). The van der Waals surface area contributed by atoms with E-state index in [9.17, 15) is 0 Å². The molecule has 0 aliphatic heterocycles. The van der Waals surface area contributed by atoms with Crippen molar-refractivity contribution < 1.29 is 4.74 Å². The Morgan fingerprint density at radius 3 is 2.57 bits per heavy atom. The lowest BCUT2D eigenvalue weighted by Crippen LogP contribution is -2.16. The second kappa shape index (κ2) is 7.01. The SMILES string of the molecule is CCOCc1nc(NN)cc(N(C)c2ccc(C)cc2)n1. The van der Waals surface area contributed by atoms with Crippen molar-refractivity contribution in [1.82, 2.24) is 9.97 Å². The van der Waals surface area contributed by atoms with E-state index in [0.717, 1.165) is 11.5 Å². The number of aryl methyl sites for hydroxylation is 1. The van der Waals surface area contributed by atoms with E-state index in [-0.39, 0.29) is 0 Å². The van der Waals surface area contributed by atoms with Crippen LogP contribution in [0.5, 0.6) is 0 Å². The normalized spacial score (nSPS) is 10.5. The van der Waals surface area contributed by atoms with Gasteiger partial charge in [-0.15, -0.1) is 0 Å². The first kappa shape index (κ1) is 15.2. The maximum absolute atomic E-state index is 5.48. The van der Waals surface area contributed by atoms with Gasteiger partial charge in [-0.25, -0.2) is 15.8 Å². The summed E-state index contributed by atoms with van der Waals surface area (Å²) in [5.41, 5.74) is 4.83. The molecule has 1 aromatic carbocycles. The van der Waals surface area contributed by atoms with Crippen molar-refractivity contribution in [2.75, 3.05) is 24.0 Å². The molecule has 0 aliphatic rings. The van der Waals surface area contributed by atoms with Crippen molar-refractivity contribution in [3.8, 4) is 0 Å². The Hall–Kier alpha value is -2.18. The highest BCUT2D eigenvalue weighted by Crippen LogP contribution is 2.23. The lowest BCUT2D eigenvalue weighted by Gasteiger charge is -2.19. The van der Waals surface area contributed by atoms with Gasteiger partial charge < -0.3 is 15.1 Å². The van der Waals surface area contributed by atoms with Crippen LogP contribution in [0.3, 0.4) is 0 Å². The van der Waals surface area contributed by atoms with Crippen LogP contribution in [-0.2, 0) is 11.3 Å². The Balaban J connectivity index is 2.30. The third-order valence-electron chi connectivity index (χ3n) is 3.11. The van der Waals surface area contributed by atoms with Crippen LogP contribution in [0, 0.1) is 6.92 Å². The molecule has 0 amide bonds. The molecule has 0 aliphatic carbocycles. The molecule has 0 spiro atoms. The maximum Gasteiger partial charge on any atom is 0.158 e. The van der Waals surface area contributed by atoms with E-state index >= 15 is 0 Å². The molecule has 3 N–H and O–H groups in total. The summed E-state index contributed by atoms with van der Waals surface area (Å²) in [7, 11) is 1.96. The number of nitrogens with one attached hydrogen (secondary N) is 1. The van der Waals surface area contributed by atoms with Crippen molar-refractivity contribution in [3.63, 3.8) is 0 Å². The largest absolute Gasteiger partial charge is 0.374 e. The number of hydrogen-bond acceptors (Lipinski definition) is 6. The molecule has 6 heteroatoms. The summed E-state index contributed by atoms with van der Waals surface area (Å²) in [6.07, 6.45) is 0. The first-order valence-electron chi connectivity index (χ1n) is 6.86. The molecule has 0 fully saturated rings. The second-order valence-electron chi connectivity index (χ2n) is 4.70. The third kappa shape index (κ3) is 3.90. The zero-order chi connectivity index (χ0) is 15.2. The van der Waals surface area contributed by atoms with Gasteiger partial charge in [0.15, 0.2) is 5.82 Å². The Morgan fingerprint density at radius 2 is 1.95 bits per heavy atom. The third-order valence-corrected chi connectivity index (χ3v) is 3.11. The highest BCUT2D eigenvalue weighted by molar-refractivity contribution is 5.61. The highest BCUT2D eigenvalue weighted by atomic mass is 16.5. The number of hydrogen-bond donors (Lipinski definition) is 2. The van der Waals surface area contributed by atoms with Crippen molar-refractivity contribution in [1.29, 1.82) is 0 Å². The number of nitrogens with zero attached hydrogens (tertiary/aromatic N) is 3. The van der Waals surface area contributed by atoms with E-state index in [4.69, 9.17) is 10.6 Å². The molecule has 0 saturated carbocycles. The van der Waals surface area contributed by atoms with Gasteiger partial charge in [0, 0.05) is 25.4 Å². The number of nitrogen functional groups attached to an aromatic ring is 1. The molecule has 2 aromatic rings. The molecular formula is C15H21N5O. The predicted octanol–water partition coefficient (Wildman–Crippen LogP) is 2.38. The fraction of sp³-hybridized carbons (Fsp3) is 0.333. The summed E-state index contributed by atoms with van der Waals surface area (Å²) in [6, 6.07) is 10.0. The summed E-state index contributed by atoms with van der Waals surface area (Å²) < 4.78 is 5.36. The van der Waals surface area contributed by atoms with E-state index in [0.29, 0.717) is 24.9 Å². The number of anilines is 3. The number of hydrazine groups is 1. The average Bonchev–Trinajstić information content (AvgIpc) is 2.52. The average molecular weight is 287 g/mol. The monoisotopic (exact) mass is 287 g/mol. The number of benzene rings is 1. The van der Waals surface area contributed by atoms with Crippen molar-refractivity contribution in [2.45, 2.75) is 20.5 Å². The summed E-state index contributed by atoms with van der Waals surface area (Å²) >= 11 is 0. The molecule has 0 saturated heterocycles. The smallest absolute Gasteiger partial charge is 0.158 e. The lowest BCUT2D eigenvalue weighted by atomic mass is 10.2. The molecule has 6 nitrogen and oxygen atoms in total. The number of ether oxygens (including phenoxy) is 1. The first-order valence-corrected chi connectivity index (χ1v) is 6.86. The van der Waals surface area contributed by atoms with E-state index < -0.39 is 0 Å². The molecule has 0 radical (unpaired) electrons. The van der Waals surface area contributed by atoms with E-state index in [1.807, 2.05) is 18.9 Å². The van der Waals surface area contributed by atoms with Gasteiger partial charge in [0.1, 0.15) is 18.2 Å². The van der Waals surface area contributed by atoms with Crippen LogP contribution >= 0.6 is 0 Å². The fourth-order valence-electron chi connectivity index (χ4n) is 1.89. The summed E-state index contributed by atoms with van der Waals surface area (Å²) in [4.78, 5) is 10.8. The number of aromatic nitrogens is 2. The fourth-order valence-corrected chi connectivity index (χ4v) is 1.89. The number of rotatable bonds is 6. The minimum Gasteiger partial charge on any atom is -0.374 e. The maximum atomic E-state index is 5.48. The molecule has 112 valence electrons. The summed E-state index contributed by atoms with van der Waals surface area (Å²) in [6.45, 7) is 4.98.